The lowest BCUT2D eigenvalue weighted by Gasteiger charge is -2.10. The largest absolute Gasteiger partial charge is 0.340 e. The summed E-state index contributed by atoms with van der Waals surface area (Å²) in [4.78, 5) is 4.35. The van der Waals surface area contributed by atoms with Crippen LogP contribution in [0.2, 0.25) is 0 Å². The van der Waals surface area contributed by atoms with Gasteiger partial charge in [0.1, 0.15) is 5.82 Å². The average Bonchev–Trinajstić information content (AvgIpc) is 2.40. The van der Waals surface area contributed by atoms with E-state index in [2.05, 4.69) is 17.2 Å². The van der Waals surface area contributed by atoms with Crippen molar-refractivity contribution in [2.75, 3.05) is 5.32 Å². The molecular formula is C14H17N3. The molecule has 88 valence electrons. The number of nitrogens with zero attached hydrogens (tertiary/aromatic N) is 1. The molecule has 2 rings (SSSR count). The number of nitrogens with two attached hydrogens (primary N) is 1. The second-order valence-electron chi connectivity index (χ2n) is 3.98. The summed E-state index contributed by atoms with van der Waals surface area (Å²) in [7, 11) is 0. The van der Waals surface area contributed by atoms with E-state index in [9.17, 15) is 0 Å². The summed E-state index contributed by atoms with van der Waals surface area (Å²) < 4.78 is 0. The van der Waals surface area contributed by atoms with Crippen molar-refractivity contribution in [2.45, 2.75) is 19.4 Å². The van der Waals surface area contributed by atoms with Crippen LogP contribution in [-0.2, 0) is 0 Å². The Morgan fingerprint density at radius 2 is 1.94 bits per heavy atom. The predicted octanol–water partition coefficient (Wildman–Crippen LogP) is 3.24. The van der Waals surface area contributed by atoms with Gasteiger partial charge in [-0.25, -0.2) is 4.98 Å². The molecule has 0 aliphatic heterocycles. The fourth-order valence-corrected chi connectivity index (χ4v) is 1.60. The van der Waals surface area contributed by atoms with Crippen molar-refractivity contribution < 1.29 is 0 Å². The highest BCUT2D eigenvalue weighted by Gasteiger charge is 2.03. The van der Waals surface area contributed by atoms with Gasteiger partial charge in [-0.05, 0) is 30.2 Å². The van der Waals surface area contributed by atoms with E-state index in [1.807, 2.05) is 48.7 Å². The van der Waals surface area contributed by atoms with Crippen LogP contribution in [0, 0.1) is 0 Å². The molecule has 0 amide bonds. The molecule has 3 nitrogen and oxygen atoms in total. The van der Waals surface area contributed by atoms with Crippen molar-refractivity contribution in [3.63, 3.8) is 0 Å². The number of anilines is 2. The zero-order valence-electron chi connectivity index (χ0n) is 9.93. The lowest BCUT2D eigenvalue weighted by molar-refractivity contribution is 0.695. The molecule has 0 aliphatic rings. The third-order valence-corrected chi connectivity index (χ3v) is 2.70. The standard InChI is InChI=1S/C14H17N3/c1-2-13(15)11-8-9-14(16-10-11)17-12-6-4-3-5-7-12/h3-10,13H,2,15H2,1H3,(H,16,17)/t13-/m0/s1. The van der Waals surface area contributed by atoms with Crippen LogP contribution in [0.4, 0.5) is 11.5 Å². The molecule has 0 unspecified atom stereocenters. The zero-order valence-corrected chi connectivity index (χ0v) is 9.93. The van der Waals surface area contributed by atoms with Gasteiger partial charge in [-0.2, -0.15) is 0 Å². The first-order chi connectivity index (χ1) is 8.29. The molecular weight excluding hydrogens is 210 g/mol. The van der Waals surface area contributed by atoms with Crippen LogP contribution < -0.4 is 11.1 Å². The van der Waals surface area contributed by atoms with E-state index in [1.54, 1.807) is 0 Å². The van der Waals surface area contributed by atoms with E-state index in [0.717, 1.165) is 23.5 Å². The maximum Gasteiger partial charge on any atom is 0.130 e. The first kappa shape index (κ1) is 11.6. The minimum atomic E-state index is 0.0771. The number of para-hydroxylation sites is 1. The smallest absolute Gasteiger partial charge is 0.130 e. The van der Waals surface area contributed by atoms with Gasteiger partial charge in [0.25, 0.3) is 0 Å². The molecule has 0 saturated heterocycles. The molecule has 0 radical (unpaired) electrons. The van der Waals surface area contributed by atoms with E-state index in [4.69, 9.17) is 5.73 Å². The first-order valence-electron chi connectivity index (χ1n) is 5.83. The zero-order chi connectivity index (χ0) is 12.1. The summed E-state index contributed by atoms with van der Waals surface area (Å²) in [6.07, 6.45) is 2.76. The van der Waals surface area contributed by atoms with E-state index in [-0.39, 0.29) is 6.04 Å². The van der Waals surface area contributed by atoms with E-state index >= 15 is 0 Å². The van der Waals surface area contributed by atoms with E-state index < -0.39 is 0 Å². The summed E-state index contributed by atoms with van der Waals surface area (Å²) >= 11 is 0. The second-order valence-corrected chi connectivity index (χ2v) is 3.98. The minimum absolute atomic E-state index is 0.0771. The van der Waals surface area contributed by atoms with Crippen LogP contribution in [0.25, 0.3) is 0 Å². The van der Waals surface area contributed by atoms with Crippen molar-refractivity contribution in [1.82, 2.24) is 4.98 Å². The molecule has 0 bridgehead atoms. The fraction of sp³-hybridized carbons (Fsp3) is 0.214. The highest BCUT2D eigenvalue weighted by molar-refractivity contribution is 5.55. The Kier molecular flexibility index (Phi) is 3.73. The highest BCUT2D eigenvalue weighted by Crippen LogP contribution is 2.17. The Bertz CT molecular complexity index is 451. The predicted molar refractivity (Wildman–Crippen MR) is 71.2 cm³/mol. The van der Waals surface area contributed by atoms with E-state index in [1.165, 1.54) is 0 Å². The van der Waals surface area contributed by atoms with Crippen LogP contribution in [0.3, 0.4) is 0 Å². The first-order valence-corrected chi connectivity index (χ1v) is 5.83. The van der Waals surface area contributed by atoms with Gasteiger partial charge in [0, 0.05) is 17.9 Å². The monoisotopic (exact) mass is 227 g/mol. The fourth-order valence-electron chi connectivity index (χ4n) is 1.60. The number of aromatic nitrogens is 1. The molecule has 2 aromatic rings. The number of hydrogen-bond acceptors (Lipinski definition) is 3. The third kappa shape index (κ3) is 3.04. The number of pyridine rings is 1. The van der Waals surface area contributed by atoms with Crippen molar-refractivity contribution in [3.05, 3.63) is 54.2 Å². The van der Waals surface area contributed by atoms with Gasteiger partial charge >= 0.3 is 0 Å². The third-order valence-electron chi connectivity index (χ3n) is 2.70. The van der Waals surface area contributed by atoms with Crippen LogP contribution in [0.5, 0.6) is 0 Å². The van der Waals surface area contributed by atoms with Gasteiger partial charge in [-0.1, -0.05) is 31.2 Å². The molecule has 0 fully saturated rings. The van der Waals surface area contributed by atoms with Crippen molar-refractivity contribution >= 4 is 11.5 Å². The van der Waals surface area contributed by atoms with E-state index in [0.29, 0.717) is 0 Å². The second kappa shape index (κ2) is 5.46. The lowest BCUT2D eigenvalue weighted by Crippen LogP contribution is -2.09. The van der Waals surface area contributed by atoms with Crippen molar-refractivity contribution in [3.8, 4) is 0 Å². The van der Waals surface area contributed by atoms with Gasteiger partial charge in [0.15, 0.2) is 0 Å². The SMILES string of the molecule is CC[C@H](N)c1ccc(Nc2ccccc2)nc1. The summed E-state index contributed by atoms with van der Waals surface area (Å²) in [6.45, 7) is 2.07. The van der Waals surface area contributed by atoms with Crippen molar-refractivity contribution in [1.29, 1.82) is 0 Å². The molecule has 3 N–H and O–H groups in total. The normalized spacial score (nSPS) is 12.1. The number of hydrogen-bond donors (Lipinski definition) is 2. The Balaban J connectivity index is 2.08. The topological polar surface area (TPSA) is 50.9 Å². The maximum absolute atomic E-state index is 5.94. The Morgan fingerprint density at radius 3 is 2.53 bits per heavy atom. The molecule has 1 aromatic carbocycles. The Hall–Kier alpha value is -1.87. The number of benzene rings is 1. The quantitative estimate of drug-likeness (QED) is 0.843. The van der Waals surface area contributed by atoms with Gasteiger partial charge < -0.3 is 11.1 Å². The Labute approximate surface area is 102 Å². The molecule has 17 heavy (non-hydrogen) atoms. The Morgan fingerprint density at radius 1 is 1.18 bits per heavy atom. The molecule has 0 saturated carbocycles. The molecule has 3 heteroatoms. The molecule has 1 heterocycles. The average molecular weight is 227 g/mol. The number of rotatable bonds is 4. The summed E-state index contributed by atoms with van der Waals surface area (Å²) in [6, 6.07) is 14.0. The number of nitrogens with one attached hydrogen (secondary N) is 1. The molecule has 0 spiro atoms. The van der Waals surface area contributed by atoms with Crippen LogP contribution >= 0.6 is 0 Å². The highest BCUT2D eigenvalue weighted by atomic mass is 15.0. The van der Waals surface area contributed by atoms with Crippen LogP contribution in [0.1, 0.15) is 24.9 Å². The minimum Gasteiger partial charge on any atom is -0.340 e. The lowest BCUT2D eigenvalue weighted by atomic mass is 10.1. The van der Waals surface area contributed by atoms with Crippen LogP contribution in [-0.4, -0.2) is 4.98 Å². The molecule has 1 aromatic heterocycles. The summed E-state index contributed by atoms with van der Waals surface area (Å²) in [5.74, 6) is 0.836. The molecule has 0 aliphatic carbocycles. The van der Waals surface area contributed by atoms with Gasteiger partial charge in [0.05, 0.1) is 0 Å². The van der Waals surface area contributed by atoms with Gasteiger partial charge in [0.2, 0.25) is 0 Å². The van der Waals surface area contributed by atoms with Gasteiger partial charge in [-0.3, -0.25) is 0 Å². The van der Waals surface area contributed by atoms with Crippen molar-refractivity contribution in [2.24, 2.45) is 5.73 Å². The maximum atomic E-state index is 5.94. The molecule has 1 atom stereocenters. The summed E-state index contributed by atoms with van der Waals surface area (Å²) in [5.41, 5.74) is 8.05. The van der Waals surface area contributed by atoms with Gasteiger partial charge in [-0.15, -0.1) is 0 Å². The summed E-state index contributed by atoms with van der Waals surface area (Å²) in [5, 5.41) is 3.24. The van der Waals surface area contributed by atoms with Crippen LogP contribution in [0.15, 0.2) is 48.7 Å².